The summed E-state index contributed by atoms with van der Waals surface area (Å²) >= 11 is 0. The predicted molar refractivity (Wildman–Crippen MR) is 413 cm³/mol. The minimum Gasteiger partial charge on any atom is -0.310 e. The first-order valence-electron chi connectivity index (χ1n) is 34.3. The molecule has 0 fully saturated rings. The second kappa shape index (κ2) is 21.1. The molecule has 2 aliphatic carbocycles. The monoisotopic (exact) mass is 1250 g/mol. The van der Waals surface area contributed by atoms with Crippen LogP contribution >= 0.6 is 0 Å². The molecule has 3 aromatic heterocycles. The Bertz CT molecular complexity index is 6360. The number of fused-ring (bicyclic) bond motifs is 16. The first-order chi connectivity index (χ1) is 48.1. The summed E-state index contributed by atoms with van der Waals surface area (Å²) in [5, 5.41) is 9.89. The number of para-hydroxylation sites is 6. The molecule has 15 aromatic carbocycles. The van der Waals surface area contributed by atoms with Gasteiger partial charge in [-0.1, -0.05) is 228 Å². The van der Waals surface area contributed by atoms with Crippen molar-refractivity contribution in [1.29, 1.82) is 0 Å². The van der Waals surface area contributed by atoms with Crippen molar-refractivity contribution < 1.29 is 0 Å². The highest BCUT2D eigenvalue weighted by Crippen LogP contribution is 2.56. The zero-order valence-corrected chi connectivity index (χ0v) is 55.0. The molecule has 3 heterocycles. The number of hydrogen-bond acceptors (Lipinski definition) is 1. The van der Waals surface area contributed by atoms with E-state index in [4.69, 9.17) is 0 Å². The largest absolute Gasteiger partial charge is 0.310 e. The van der Waals surface area contributed by atoms with Crippen molar-refractivity contribution in [2.45, 2.75) is 38.5 Å². The lowest BCUT2D eigenvalue weighted by atomic mass is 9.81. The lowest BCUT2D eigenvalue weighted by molar-refractivity contribution is 0.660. The highest BCUT2D eigenvalue weighted by atomic mass is 15.1. The van der Waals surface area contributed by atoms with Gasteiger partial charge in [-0.15, -0.1) is 0 Å². The normalized spacial score (nSPS) is 13.5. The standard InChI is InChI=1S/C94H66N4/c1-93(2)82-54-60(59-39-49-90-80(52-59)77-31-17-20-34-87(77)96(90)64-22-8-5-9-23-64)36-43-71(82)73-46-41-67(57-84(73)93)95(89-51-48-69(70-28-14-15-29-75(70)89)63-40-50-91-81(53-63)78-32-18-21-35-88(78)97(91)65-24-10-6-11-25-65)68-42-47-74-72-44-37-61(55-83(72)94(3,4)85(74)58-68)62-38-45-79-76-30-16-19-33-86(76)98(92(79)56-62)66-26-12-7-13-27-66/h5-58H,1-4H3. The smallest absolute Gasteiger partial charge is 0.0547 e. The molecule has 0 unspecified atom stereocenters. The van der Waals surface area contributed by atoms with Crippen LogP contribution in [-0.2, 0) is 10.8 Å². The summed E-state index contributed by atoms with van der Waals surface area (Å²) in [5.74, 6) is 0. The molecule has 98 heavy (non-hydrogen) atoms. The van der Waals surface area contributed by atoms with Crippen molar-refractivity contribution in [3.63, 3.8) is 0 Å². The highest BCUT2D eigenvalue weighted by Gasteiger charge is 2.39. The van der Waals surface area contributed by atoms with E-state index in [1.54, 1.807) is 0 Å². The second-order valence-corrected chi connectivity index (χ2v) is 28.0. The van der Waals surface area contributed by atoms with Crippen LogP contribution in [0, 0.1) is 0 Å². The maximum absolute atomic E-state index is 2.56. The van der Waals surface area contributed by atoms with Crippen LogP contribution in [0.2, 0.25) is 0 Å². The third kappa shape index (κ3) is 8.25. The van der Waals surface area contributed by atoms with Gasteiger partial charge >= 0.3 is 0 Å². The van der Waals surface area contributed by atoms with Gasteiger partial charge in [-0.05, 0) is 211 Å². The average Bonchev–Trinajstić information content (AvgIpc) is 1.54. The Morgan fingerprint density at radius 1 is 0.214 bits per heavy atom. The van der Waals surface area contributed by atoms with Crippen LogP contribution in [0.4, 0.5) is 17.1 Å². The van der Waals surface area contributed by atoms with Gasteiger partial charge in [0.05, 0.1) is 38.8 Å². The van der Waals surface area contributed by atoms with Gasteiger partial charge in [0.2, 0.25) is 0 Å². The van der Waals surface area contributed by atoms with E-state index in [0.29, 0.717) is 0 Å². The first kappa shape index (κ1) is 56.1. The zero-order chi connectivity index (χ0) is 65.1. The van der Waals surface area contributed by atoms with Gasteiger partial charge < -0.3 is 18.6 Å². The summed E-state index contributed by atoms with van der Waals surface area (Å²) in [4.78, 5) is 2.56. The predicted octanol–water partition coefficient (Wildman–Crippen LogP) is 25.2. The molecule has 4 nitrogen and oxygen atoms in total. The Balaban J connectivity index is 0.720. The van der Waals surface area contributed by atoms with E-state index in [1.807, 2.05) is 0 Å². The minimum absolute atomic E-state index is 0.314. The molecule has 0 bridgehead atoms. The second-order valence-electron chi connectivity index (χ2n) is 28.0. The fraction of sp³-hybridized carbons (Fsp3) is 0.0638. The van der Waals surface area contributed by atoms with Crippen LogP contribution in [0.15, 0.2) is 328 Å². The Labute approximate surface area is 569 Å². The Hall–Kier alpha value is -12.2. The molecular formula is C94H66N4. The molecular weight excluding hydrogens is 1190 g/mol. The molecule has 0 N–H and O–H groups in total. The molecule has 0 amide bonds. The minimum atomic E-state index is -0.317. The van der Waals surface area contributed by atoms with Crippen LogP contribution < -0.4 is 4.90 Å². The first-order valence-corrected chi connectivity index (χ1v) is 34.3. The molecule has 4 heteroatoms. The van der Waals surface area contributed by atoms with Crippen molar-refractivity contribution in [2.24, 2.45) is 0 Å². The fourth-order valence-electron chi connectivity index (χ4n) is 17.3. The van der Waals surface area contributed by atoms with Crippen molar-refractivity contribution in [3.8, 4) is 72.7 Å². The molecule has 0 spiro atoms. The van der Waals surface area contributed by atoms with Gasteiger partial charge in [0.1, 0.15) is 0 Å². The molecule has 20 rings (SSSR count). The van der Waals surface area contributed by atoms with E-state index in [-0.39, 0.29) is 10.8 Å². The number of hydrogen-bond donors (Lipinski definition) is 0. The molecule has 462 valence electrons. The summed E-state index contributed by atoms with van der Waals surface area (Å²) in [5.41, 5.74) is 31.2. The maximum Gasteiger partial charge on any atom is 0.0547 e. The number of aromatic nitrogens is 3. The van der Waals surface area contributed by atoms with Gasteiger partial charge in [-0.3, -0.25) is 0 Å². The van der Waals surface area contributed by atoms with Gasteiger partial charge in [0.25, 0.3) is 0 Å². The van der Waals surface area contributed by atoms with Gasteiger partial charge in [0, 0.05) is 77.0 Å². The van der Waals surface area contributed by atoms with Gasteiger partial charge in [-0.25, -0.2) is 0 Å². The fourth-order valence-corrected chi connectivity index (χ4v) is 17.3. The van der Waals surface area contributed by atoms with Crippen LogP contribution in [0.1, 0.15) is 49.9 Å². The summed E-state index contributed by atoms with van der Waals surface area (Å²) in [6, 6.07) is 123. The summed E-state index contributed by atoms with van der Waals surface area (Å²) in [6.07, 6.45) is 0. The van der Waals surface area contributed by atoms with Gasteiger partial charge in [0.15, 0.2) is 0 Å². The van der Waals surface area contributed by atoms with E-state index in [9.17, 15) is 0 Å². The number of nitrogens with zero attached hydrogens (tertiary/aromatic N) is 4. The Morgan fingerprint density at radius 3 is 1.04 bits per heavy atom. The molecule has 0 aliphatic heterocycles. The Kier molecular flexibility index (Phi) is 12.1. The summed E-state index contributed by atoms with van der Waals surface area (Å²) in [7, 11) is 0. The Morgan fingerprint density at radius 2 is 0.541 bits per heavy atom. The van der Waals surface area contributed by atoms with Crippen LogP contribution in [0.25, 0.3) is 149 Å². The molecule has 0 atom stereocenters. The van der Waals surface area contributed by atoms with E-state index < -0.39 is 0 Å². The molecule has 18 aromatic rings. The summed E-state index contributed by atoms with van der Waals surface area (Å²) in [6.45, 7) is 9.70. The highest BCUT2D eigenvalue weighted by molar-refractivity contribution is 6.14. The topological polar surface area (TPSA) is 18.0 Å². The lowest BCUT2D eigenvalue weighted by Crippen LogP contribution is -2.18. The number of rotatable bonds is 9. The molecule has 0 saturated heterocycles. The molecule has 2 aliphatic rings. The number of benzene rings is 15. The van der Waals surface area contributed by atoms with E-state index in [2.05, 4.69) is 374 Å². The van der Waals surface area contributed by atoms with Crippen molar-refractivity contribution in [1.82, 2.24) is 13.7 Å². The van der Waals surface area contributed by atoms with Crippen LogP contribution in [0.3, 0.4) is 0 Å². The maximum atomic E-state index is 2.56. The van der Waals surface area contributed by atoms with E-state index in [1.165, 1.54) is 160 Å². The third-order valence-corrected chi connectivity index (χ3v) is 22.0. The third-order valence-electron chi connectivity index (χ3n) is 22.0. The van der Waals surface area contributed by atoms with Gasteiger partial charge in [-0.2, -0.15) is 0 Å². The van der Waals surface area contributed by atoms with Crippen LogP contribution in [0.5, 0.6) is 0 Å². The zero-order valence-electron chi connectivity index (χ0n) is 55.0. The van der Waals surface area contributed by atoms with Crippen molar-refractivity contribution in [3.05, 3.63) is 350 Å². The molecule has 0 radical (unpaired) electrons. The average molecular weight is 1250 g/mol. The quantitative estimate of drug-likeness (QED) is 0.141. The number of anilines is 3. The van der Waals surface area contributed by atoms with Crippen molar-refractivity contribution >= 4 is 93.3 Å². The van der Waals surface area contributed by atoms with Crippen molar-refractivity contribution in [2.75, 3.05) is 4.90 Å². The van der Waals surface area contributed by atoms with Crippen LogP contribution in [-0.4, -0.2) is 13.7 Å². The van der Waals surface area contributed by atoms with E-state index in [0.717, 1.165) is 28.4 Å². The molecule has 0 saturated carbocycles. The lowest BCUT2D eigenvalue weighted by Gasteiger charge is -2.31. The summed E-state index contributed by atoms with van der Waals surface area (Å²) < 4.78 is 7.22. The van der Waals surface area contributed by atoms with E-state index >= 15 is 0 Å². The SMILES string of the molecule is CC1(C)c2cc(-c3ccc4c(c3)c3ccccc3n4-c3ccccc3)ccc2-c2ccc(N(c3ccc4c(c3)C(C)(C)c3cc(-c5ccc6c7ccccc7n(-c7ccccc7)c6c5)ccc3-4)c3ccc(-c4ccc5c(c4)c4ccccc4n5-c4ccccc4)c4ccccc34)cc21.